The quantitative estimate of drug-likeness (QED) is 0.401. The van der Waals surface area contributed by atoms with Gasteiger partial charge in [-0.15, -0.1) is 10.2 Å². The first kappa shape index (κ1) is 20.9. The van der Waals surface area contributed by atoms with E-state index in [0.29, 0.717) is 16.6 Å². The lowest BCUT2D eigenvalue weighted by Crippen LogP contribution is -2.37. The van der Waals surface area contributed by atoms with Crippen LogP contribution in [0.2, 0.25) is 10.0 Å². The van der Waals surface area contributed by atoms with E-state index in [2.05, 4.69) is 37.3 Å². The fourth-order valence-electron chi connectivity index (χ4n) is 3.34. The Morgan fingerprint density at radius 2 is 2.07 bits per heavy atom. The van der Waals surface area contributed by atoms with Crippen molar-refractivity contribution in [2.45, 2.75) is 58.5 Å². The molecule has 0 radical (unpaired) electrons. The highest BCUT2D eigenvalue weighted by molar-refractivity contribution is 6.35. The molecule has 28 heavy (non-hydrogen) atoms. The number of aromatic nitrogens is 3. The van der Waals surface area contributed by atoms with Crippen molar-refractivity contribution in [3.05, 3.63) is 45.5 Å². The molecule has 3 rings (SSSR count). The van der Waals surface area contributed by atoms with E-state index in [0.717, 1.165) is 62.1 Å². The molecule has 1 aromatic heterocycles. The molecule has 0 saturated carbocycles. The fourth-order valence-corrected chi connectivity index (χ4v) is 3.81. The minimum absolute atomic E-state index is 0.503. The lowest BCUT2D eigenvalue weighted by atomic mass is 10.2. The van der Waals surface area contributed by atoms with E-state index in [1.54, 1.807) is 6.07 Å². The molecule has 6 nitrogen and oxygen atoms in total. The topological polar surface area (TPSA) is 67.1 Å². The van der Waals surface area contributed by atoms with Crippen molar-refractivity contribution in [2.75, 3.05) is 13.1 Å². The molecule has 1 aliphatic rings. The average molecular weight is 423 g/mol. The Labute approximate surface area is 176 Å². The maximum atomic E-state index is 6.23. The van der Waals surface area contributed by atoms with Crippen LogP contribution in [0, 0.1) is 0 Å². The predicted molar refractivity (Wildman–Crippen MR) is 115 cm³/mol. The molecule has 0 bridgehead atoms. The van der Waals surface area contributed by atoms with Gasteiger partial charge < -0.3 is 15.2 Å². The number of aliphatic imine (C=N–C) groups is 1. The first-order valence-corrected chi connectivity index (χ1v) is 10.8. The Morgan fingerprint density at radius 3 is 2.89 bits per heavy atom. The van der Waals surface area contributed by atoms with Gasteiger partial charge in [-0.3, -0.25) is 0 Å². The van der Waals surface area contributed by atoms with Crippen molar-refractivity contribution in [2.24, 2.45) is 4.99 Å². The van der Waals surface area contributed by atoms with Crippen molar-refractivity contribution < 1.29 is 0 Å². The smallest absolute Gasteiger partial charge is 0.191 e. The highest BCUT2D eigenvalue weighted by atomic mass is 35.5. The number of guanidine groups is 1. The number of rotatable bonds is 7. The van der Waals surface area contributed by atoms with Crippen molar-refractivity contribution in [3.63, 3.8) is 0 Å². The molecule has 0 atom stereocenters. The Balaban J connectivity index is 1.50. The van der Waals surface area contributed by atoms with E-state index >= 15 is 0 Å². The molecule has 1 aromatic carbocycles. The lowest BCUT2D eigenvalue weighted by molar-refractivity contribution is 0.594. The van der Waals surface area contributed by atoms with Gasteiger partial charge in [0.05, 0.1) is 6.54 Å². The molecule has 0 aliphatic carbocycles. The fraction of sp³-hybridized carbons (Fsp3) is 0.550. The molecule has 152 valence electrons. The number of nitrogens with one attached hydrogen (secondary N) is 2. The van der Waals surface area contributed by atoms with Crippen LogP contribution in [0.5, 0.6) is 0 Å². The van der Waals surface area contributed by atoms with Crippen LogP contribution in [0.1, 0.15) is 49.8 Å². The maximum Gasteiger partial charge on any atom is 0.191 e. The molecule has 1 aliphatic heterocycles. The first-order valence-electron chi connectivity index (χ1n) is 10.0. The molecule has 0 fully saturated rings. The van der Waals surface area contributed by atoms with E-state index in [-0.39, 0.29) is 0 Å². The minimum atomic E-state index is 0.503. The van der Waals surface area contributed by atoms with E-state index in [1.807, 2.05) is 12.1 Å². The summed E-state index contributed by atoms with van der Waals surface area (Å²) in [6.07, 6.45) is 6.67. The van der Waals surface area contributed by atoms with E-state index in [9.17, 15) is 0 Å². The summed E-state index contributed by atoms with van der Waals surface area (Å²) in [5, 5.41) is 16.7. The molecule has 0 amide bonds. The maximum absolute atomic E-state index is 6.23. The molecular formula is C20H28Cl2N6. The van der Waals surface area contributed by atoms with Gasteiger partial charge in [-0.25, -0.2) is 4.99 Å². The minimum Gasteiger partial charge on any atom is -0.357 e. The van der Waals surface area contributed by atoms with Crippen LogP contribution in [0.15, 0.2) is 23.2 Å². The molecule has 2 aromatic rings. The number of aryl methyl sites for hydroxylation is 2. The number of nitrogens with zero attached hydrogens (tertiary/aromatic N) is 4. The van der Waals surface area contributed by atoms with E-state index in [1.165, 1.54) is 19.3 Å². The standard InChI is InChI=1S/C20H28Cl2N6/c1-2-23-20(25-14-15-9-10-16(21)13-17(15)22)24-11-6-8-19-27-26-18-7-4-3-5-12-28(18)19/h9-10,13H,2-8,11-12,14H2,1H3,(H2,23,24,25). The molecule has 8 heteroatoms. The third-order valence-corrected chi connectivity index (χ3v) is 5.41. The SMILES string of the molecule is CCNC(=NCc1ccc(Cl)cc1Cl)NCCCc1nnc2n1CCCCC2. The largest absolute Gasteiger partial charge is 0.357 e. The molecule has 0 spiro atoms. The van der Waals surface area contributed by atoms with Crippen LogP contribution < -0.4 is 10.6 Å². The van der Waals surface area contributed by atoms with Crippen LogP contribution >= 0.6 is 23.2 Å². The zero-order valence-electron chi connectivity index (χ0n) is 16.3. The summed E-state index contributed by atoms with van der Waals surface area (Å²) in [7, 11) is 0. The number of hydrogen-bond donors (Lipinski definition) is 2. The Kier molecular flexibility index (Phi) is 7.98. The zero-order chi connectivity index (χ0) is 19.8. The van der Waals surface area contributed by atoms with Crippen LogP contribution in [-0.2, 0) is 25.9 Å². The van der Waals surface area contributed by atoms with Gasteiger partial charge in [-0.05, 0) is 43.9 Å². The Bertz CT molecular complexity index is 802. The van der Waals surface area contributed by atoms with E-state index < -0.39 is 0 Å². The normalized spacial score (nSPS) is 14.5. The van der Waals surface area contributed by atoms with Crippen LogP contribution in [0.4, 0.5) is 0 Å². The first-order chi connectivity index (χ1) is 13.7. The van der Waals surface area contributed by atoms with Gasteiger partial charge in [0.15, 0.2) is 5.96 Å². The Morgan fingerprint density at radius 1 is 1.18 bits per heavy atom. The molecule has 2 heterocycles. The summed E-state index contributed by atoms with van der Waals surface area (Å²) in [4.78, 5) is 4.63. The molecular weight excluding hydrogens is 395 g/mol. The number of halogens is 2. The van der Waals surface area contributed by atoms with E-state index in [4.69, 9.17) is 23.2 Å². The highest BCUT2D eigenvalue weighted by Crippen LogP contribution is 2.21. The second-order valence-corrected chi connectivity index (χ2v) is 7.80. The average Bonchev–Trinajstić information content (AvgIpc) is 2.90. The number of benzene rings is 1. The zero-order valence-corrected chi connectivity index (χ0v) is 17.9. The van der Waals surface area contributed by atoms with Crippen molar-refractivity contribution >= 4 is 29.2 Å². The summed E-state index contributed by atoms with van der Waals surface area (Å²) in [6.45, 7) is 5.23. The summed E-state index contributed by atoms with van der Waals surface area (Å²) >= 11 is 12.2. The monoisotopic (exact) mass is 422 g/mol. The van der Waals surface area contributed by atoms with Crippen molar-refractivity contribution in [1.29, 1.82) is 0 Å². The van der Waals surface area contributed by atoms with Gasteiger partial charge >= 0.3 is 0 Å². The third kappa shape index (κ3) is 5.85. The van der Waals surface area contributed by atoms with Crippen molar-refractivity contribution in [3.8, 4) is 0 Å². The summed E-state index contributed by atoms with van der Waals surface area (Å²) in [5.74, 6) is 3.04. The van der Waals surface area contributed by atoms with Crippen molar-refractivity contribution in [1.82, 2.24) is 25.4 Å². The third-order valence-electron chi connectivity index (χ3n) is 4.82. The predicted octanol–water partition coefficient (Wildman–Crippen LogP) is 4.00. The highest BCUT2D eigenvalue weighted by Gasteiger charge is 2.14. The second kappa shape index (κ2) is 10.7. The van der Waals surface area contributed by atoms with Crippen LogP contribution in [-0.4, -0.2) is 33.8 Å². The van der Waals surface area contributed by atoms with Crippen LogP contribution in [0.3, 0.4) is 0 Å². The Hall–Kier alpha value is -1.79. The number of fused-ring (bicyclic) bond motifs is 1. The summed E-state index contributed by atoms with van der Waals surface area (Å²) in [5.41, 5.74) is 0.953. The summed E-state index contributed by atoms with van der Waals surface area (Å²) < 4.78 is 2.31. The van der Waals surface area contributed by atoms with Gasteiger partial charge in [-0.1, -0.05) is 35.7 Å². The van der Waals surface area contributed by atoms with Gasteiger partial charge in [-0.2, -0.15) is 0 Å². The number of hydrogen-bond acceptors (Lipinski definition) is 3. The van der Waals surface area contributed by atoms with Crippen LogP contribution in [0.25, 0.3) is 0 Å². The van der Waals surface area contributed by atoms with Gasteiger partial charge in [0, 0.05) is 42.5 Å². The summed E-state index contributed by atoms with van der Waals surface area (Å²) in [6, 6.07) is 5.49. The van der Waals surface area contributed by atoms with Gasteiger partial charge in [0.1, 0.15) is 11.6 Å². The molecule has 0 saturated heterocycles. The molecule has 0 unspecified atom stereocenters. The van der Waals surface area contributed by atoms with Gasteiger partial charge in [0.25, 0.3) is 0 Å². The lowest BCUT2D eigenvalue weighted by Gasteiger charge is -2.12. The second-order valence-electron chi connectivity index (χ2n) is 6.96. The molecule has 2 N–H and O–H groups in total. The van der Waals surface area contributed by atoms with Gasteiger partial charge in [0.2, 0.25) is 0 Å².